The number of carbonyl (C=O) groups is 1. The second-order valence-corrected chi connectivity index (χ2v) is 9.44. The van der Waals surface area contributed by atoms with E-state index in [-0.39, 0.29) is 6.03 Å². The van der Waals surface area contributed by atoms with E-state index in [9.17, 15) is 4.79 Å². The van der Waals surface area contributed by atoms with Crippen LogP contribution in [0.2, 0.25) is 0 Å². The van der Waals surface area contributed by atoms with Crippen LogP contribution < -0.4 is 16.0 Å². The lowest BCUT2D eigenvalue weighted by molar-refractivity contribution is 0.262. The molecule has 1 aromatic carbocycles. The Kier molecular flexibility index (Phi) is 7.82. The summed E-state index contributed by atoms with van der Waals surface area (Å²) in [4.78, 5) is 28.8. The number of thiophene rings is 1. The molecule has 0 fully saturated rings. The Labute approximate surface area is 201 Å². The highest BCUT2D eigenvalue weighted by molar-refractivity contribution is 7.17. The number of aromatic nitrogens is 3. The van der Waals surface area contributed by atoms with Crippen molar-refractivity contribution in [2.75, 3.05) is 35.6 Å². The van der Waals surface area contributed by atoms with Crippen molar-refractivity contribution in [2.24, 2.45) is 0 Å². The van der Waals surface area contributed by atoms with Crippen LogP contribution in [0.15, 0.2) is 48.2 Å². The third-order valence-corrected chi connectivity index (χ3v) is 7.05. The number of anilines is 3. The van der Waals surface area contributed by atoms with Crippen molar-refractivity contribution in [1.29, 1.82) is 0 Å². The van der Waals surface area contributed by atoms with E-state index in [1.807, 2.05) is 29.6 Å². The van der Waals surface area contributed by atoms with Crippen molar-refractivity contribution in [1.82, 2.24) is 19.9 Å². The Morgan fingerprint density at radius 3 is 2.82 bits per heavy atom. The summed E-state index contributed by atoms with van der Waals surface area (Å²) in [5.74, 6) is 0.848. The van der Waals surface area contributed by atoms with Gasteiger partial charge in [0.15, 0.2) is 5.13 Å². The number of thiazole rings is 1. The number of benzene rings is 1. The number of nitrogens with zero attached hydrogens (tertiary/aromatic N) is 4. The Hall–Kier alpha value is -3.08. The fraction of sp³-hybridized carbons (Fsp3) is 0.304. The van der Waals surface area contributed by atoms with Gasteiger partial charge in [-0.2, -0.15) is 0 Å². The number of fused-ring (bicyclic) bond motifs is 1. The summed E-state index contributed by atoms with van der Waals surface area (Å²) in [6.45, 7) is 7.87. The normalized spacial score (nSPS) is 11.1. The standard InChI is InChI=1S/C23H27N7OS2/c1-3-30(4-2)14-16-6-5-7-17(12-16)28-22(31)29-23-25-13-18(33-23)8-10-24-21-20-19(9-11-32-20)26-15-27-21/h5-7,9,11-13,15H,3-4,8,10,14H2,1-2H3,(H,24,26,27)(H2,25,28,29,31). The molecule has 0 saturated heterocycles. The summed E-state index contributed by atoms with van der Waals surface area (Å²) in [7, 11) is 0. The van der Waals surface area contributed by atoms with Crippen LogP contribution in [0.4, 0.5) is 21.4 Å². The Morgan fingerprint density at radius 1 is 1.09 bits per heavy atom. The number of hydrogen-bond acceptors (Lipinski definition) is 8. The van der Waals surface area contributed by atoms with E-state index in [2.05, 4.69) is 55.7 Å². The van der Waals surface area contributed by atoms with Crippen LogP contribution in [0.1, 0.15) is 24.3 Å². The van der Waals surface area contributed by atoms with Crippen molar-refractivity contribution < 1.29 is 4.79 Å². The second kappa shape index (κ2) is 11.2. The van der Waals surface area contributed by atoms with Gasteiger partial charge in [-0.05, 0) is 42.2 Å². The molecule has 0 aliphatic rings. The molecule has 3 heterocycles. The first kappa shape index (κ1) is 23.1. The average molecular weight is 482 g/mol. The van der Waals surface area contributed by atoms with Crippen LogP contribution in [-0.4, -0.2) is 45.5 Å². The molecule has 10 heteroatoms. The molecule has 8 nitrogen and oxygen atoms in total. The molecular formula is C23H27N7OS2. The molecule has 0 atom stereocenters. The molecule has 0 aliphatic heterocycles. The zero-order chi connectivity index (χ0) is 23.0. The van der Waals surface area contributed by atoms with Crippen LogP contribution in [0.3, 0.4) is 0 Å². The molecule has 0 aliphatic carbocycles. The summed E-state index contributed by atoms with van der Waals surface area (Å²) >= 11 is 3.09. The highest BCUT2D eigenvalue weighted by atomic mass is 32.1. The predicted molar refractivity (Wildman–Crippen MR) is 137 cm³/mol. The van der Waals surface area contributed by atoms with Gasteiger partial charge in [0.05, 0.1) is 10.2 Å². The minimum atomic E-state index is -0.296. The highest BCUT2D eigenvalue weighted by Gasteiger charge is 2.09. The molecule has 4 aromatic rings. The van der Waals surface area contributed by atoms with Crippen molar-refractivity contribution >= 4 is 55.6 Å². The van der Waals surface area contributed by atoms with E-state index < -0.39 is 0 Å². The largest absolute Gasteiger partial charge is 0.368 e. The minimum Gasteiger partial charge on any atom is -0.368 e. The molecule has 3 N–H and O–H groups in total. The maximum absolute atomic E-state index is 12.4. The fourth-order valence-electron chi connectivity index (χ4n) is 3.41. The average Bonchev–Trinajstić information content (AvgIpc) is 3.47. The number of hydrogen-bond donors (Lipinski definition) is 3. The molecule has 4 rings (SSSR count). The minimum absolute atomic E-state index is 0.296. The number of amides is 2. The Balaban J connectivity index is 1.27. The predicted octanol–water partition coefficient (Wildman–Crippen LogP) is 5.29. The molecule has 0 bridgehead atoms. The van der Waals surface area contributed by atoms with Gasteiger partial charge < -0.3 is 10.6 Å². The first-order valence-corrected chi connectivity index (χ1v) is 12.6. The van der Waals surface area contributed by atoms with Gasteiger partial charge in [-0.25, -0.2) is 19.7 Å². The van der Waals surface area contributed by atoms with E-state index in [1.54, 1.807) is 23.9 Å². The van der Waals surface area contributed by atoms with Crippen LogP contribution in [0, 0.1) is 0 Å². The third-order valence-electron chi connectivity index (χ3n) is 5.17. The van der Waals surface area contributed by atoms with Crippen LogP contribution in [-0.2, 0) is 13.0 Å². The SMILES string of the molecule is CCN(CC)Cc1cccc(NC(=O)Nc2ncc(CCNc3ncnc4ccsc34)s2)c1. The molecule has 33 heavy (non-hydrogen) atoms. The van der Waals surface area contributed by atoms with Crippen molar-refractivity contribution in [3.05, 3.63) is 58.7 Å². The summed E-state index contributed by atoms with van der Waals surface area (Å²) in [5.41, 5.74) is 2.89. The van der Waals surface area contributed by atoms with Crippen molar-refractivity contribution in [3.8, 4) is 0 Å². The molecule has 2 amide bonds. The molecule has 0 spiro atoms. The van der Waals surface area contributed by atoms with E-state index in [4.69, 9.17) is 0 Å². The lowest BCUT2D eigenvalue weighted by atomic mass is 10.2. The zero-order valence-electron chi connectivity index (χ0n) is 18.7. The van der Waals surface area contributed by atoms with Gasteiger partial charge in [-0.3, -0.25) is 10.2 Å². The van der Waals surface area contributed by atoms with E-state index in [0.29, 0.717) is 5.13 Å². The molecule has 3 aromatic heterocycles. The van der Waals surface area contributed by atoms with Crippen LogP contribution >= 0.6 is 22.7 Å². The molecule has 0 radical (unpaired) electrons. The smallest absolute Gasteiger partial charge is 0.325 e. The molecule has 172 valence electrons. The van der Waals surface area contributed by atoms with Crippen LogP contribution in [0.5, 0.6) is 0 Å². The van der Waals surface area contributed by atoms with Crippen LogP contribution in [0.25, 0.3) is 10.2 Å². The van der Waals surface area contributed by atoms with E-state index in [0.717, 1.165) is 59.2 Å². The first-order chi connectivity index (χ1) is 16.1. The van der Waals surface area contributed by atoms with Gasteiger partial charge in [0.2, 0.25) is 0 Å². The summed E-state index contributed by atoms with van der Waals surface area (Å²) in [6.07, 6.45) is 4.16. The van der Waals surface area contributed by atoms with Crippen molar-refractivity contribution in [2.45, 2.75) is 26.8 Å². The molecule has 0 unspecified atom stereocenters. The van der Waals surface area contributed by atoms with E-state index >= 15 is 0 Å². The number of carbonyl (C=O) groups excluding carboxylic acids is 1. The molecule has 0 saturated carbocycles. The summed E-state index contributed by atoms with van der Waals surface area (Å²) < 4.78 is 1.06. The first-order valence-electron chi connectivity index (χ1n) is 10.9. The zero-order valence-corrected chi connectivity index (χ0v) is 20.3. The second-order valence-electron chi connectivity index (χ2n) is 7.41. The maximum Gasteiger partial charge on any atom is 0.325 e. The monoisotopic (exact) mass is 481 g/mol. The highest BCUT2D eigenvalue weighted by Crippen LogP contribution is 2.25. The summed E-state index contributed by atoms with van der Waals surface area (Å²) in [6, 6.07) is 9.63. The number of urea groups is 1. The Morgan fingerprint density at radius 2 is 1.97 bits per heavy atom. The number of rotatable bonds is 10. The molecular weight excluding hydrogens is 454 g/mol. The summed E-state index contributed by atoms with van der Waals surface area (Å²) in [5, 5.41) is 11.7. The van der Waals surface area contributed by atoms with Crippen molar-refractivity contribution in [3.63, 3.8) is 0 Å². The Bertz CT molecular complexity index is 1200. The lowest BCUT2D eigenvalue weighted by Crippen LogP contribution is -2.22. The quantitative estimate of drug-likeness (QED) is 0.285. The van der Waals surface area contributed by atoms with E-state index in [1.165, 1.54) is 16.9 Å². The van der Waals surface area contributed by atoms with Gasteiger partial charge >= 0.3 is 6.03 Å². The number of nitrogens with one attached hydrogen (secondary N) is 3. The van der Waals surface area contributed by atoms with Gasteiger partial charge in [0.1, 0.15) is 12.1 Å². The van der Waals surface area contributed by atoms with Gasteiger partial charge in [0.25, 0.3) is 0 Å². The lowest BCUT2D eigenvalue weighted by Gasteiger charge is -2.18. The van der Waals surface area contributed by atoms with Gasteiger partial charge in [-0.1, -0.05) is 26.0 Å². The third kappa shape index (κ3) is 6.25. The fourth-order valence-corrected chi connectivity index (χ4v) is 5.03. The van der Waals surface area contributed by atoms with Gasteiger partial charge in [-0.15, -0.1) is 22.7 Å². The van der Waals surface area contributed by atoms with Gasteiger partial charge in [0, 0.05) is 36.3 Å². The topological polar surface area (TPSA) is 95.1 Å². The maximum atomic E-state index is 12.4.